The highest BCUT2D eigenvalue weighted by Gasteiger charge is 2.26. The molecular formula is C13H16F3N3. The van der Waals surface area contributed by atoms with Gasteiger partial charge in [0.05, 0.1) is 17.6 Å². The van der Waals surface area contributed by atoms with E-state index in [0.717, 1.165) is 16.9 Å². The average molecular weight is 271 g/mol. The molecule has 0 amide bonds. The van der Waals surface area contributed by atoms with E-state index < -0.39 is 12.7 Å². The molecule has 0 aliphatic rings. The normalized spacial score (nSPS) is 13.9. The number of rotatable bonds is 4. The molecule has 0 bridgehead atoms. The van der Waals surface area contributed by atoms with Crippen LogP contribution < -0.4 is 5.32 Å². The van der Waals surface area contributed by atoms with Crippen LogP contribution in [0.5, 0.6) is 0 Å². The highest BCUT2D eigenvalue weighted by Crippen LogP contribution is 2.20. The molecule has 2 rings (SSSR count). The van der Waals surface area contributed by atoms with Crippen LogP contribution in [0.4, 0.5) is 13.2 Å². The van der Waals surface area contributed by atoms with Crippen molar-refractivity contribution in [1.82, 2.24) is 14.9 Å². The van der Waals surface area contributed by atoms with Gasteiger partial charge in [0.25, 0.3) is 0 Å². The maximum absolute atomic E-state index is 12.1. The van der Waals surface area contributed by atoms with Crippen molar-refractivity contribution in [1.29, 1.82) is 0 Å². The van der Waals surface area contributed by atoms with E-state index in [1.807, 2.05) is 42.7 Å². The number of fused-ring (bicyclic) bond motifs is 1. The van der Waals surface area contributed by atoms with Gasteiger partial charge in [-0.25, -0.2) is 4.98 Å². The van der Waals surface area contributed by atoms with Crippen molar-refractivity contribution in [2.24, 2.45) is 0 Å². The number of hydrogen-bond acceptors (Lipinski definition) is 2. The fourth-order valence-electron chi connectivity index (χ4n) is 2.24. The predicted molar refractivity (Wildman–Crippen MR) is 68.1 cm³/mol. The third-order valence-electron chi connectivity index (χ3n) is 2.98. The molecule has 1 aromatic carbocycles. The van der Waals surface area contributed by atoms with Crippen molar-refractivity contribution in [3.8, 4) is 0 Å². The SMILES string of the molecule is Cc1nc2ccccc2n1C(C)CNCC(F)(F)F. The lowest BCUT2D eigenvalue weighted by Gasteiger charge is -2.18. The van der Waals surface area contributed by atoms with Gasteiger partial charge in [0, 0.05) is 12.6 Å². The fourth-order valence-corrected chi connectivity index (χ4v) is 2.24. The lowest BCUT2D eigenvalue weighted by Crippen LogP contribution is -2.32. The van der Waals surface area contributed by atoms with E-state index in [1.165, 1.54) is 0 Å². The monoisotopic (exact) mass is 271 g/mol. The Morgan fingerprint density at radius 1 is 1.32 bits per heavy atom. The summed E-state index contributed by atoms with van der Waals surface area (Å²) in [7, 11) is 0. The summed E-state index contributed by atoms with van der Waals surface area (Å²) >= 11 is 0. The second kappa shape index (κ2) is 5.21. The van der Waals surface area contributed by atoms with Crippen molar-refractivity contribution in [3.63, 3.8) is 0 Å². The maximum atomic E-state index is 12.1. The van der Waals surface area contributed by atoms with Crippen LogP contribution in [0.2, 0.25) is 0 Å². The molecule has 0 saturated heterocycles. The Kier molecular flexibility index (Phi) is 3.80. The number of nitrogens with one attached hydrogen (secondary N) is 1. The minimum absolute atomic E-state index is 0.0882. The molecule has 0 aliphatic carbocycles. The Balaban J connectivity index is 2.13. The number of para-hydroxylation sites is 2. The van der Waals surface area contributed by atoms with Crippen LogP contribution in [-0.2, 0) is 0 Å². The fraction of sp³-hybridized carbons (Fsp3) is 0.462. The van der Waals surface area contributed by atoms with Crippen molar-refractivity contribution in [2.45, 2.75) is 26.1 Å². The van der Waals surface area contributed by atoms with Crippen LogP contribution >= 0.6 is 0 Å². The second-order valence-electron chi connectivity index (χ2n) is 4.61. The topological polar surface area (TPSA) is 29.9 Å². The van der Waals surface area contributed by atoms with Crippen molar-refractivity contribution >= 4 is 11.0 Å². The molecule has 0 fully saturated rings. The number of imidazole rings is 1. The van der Waals surface area contributed by atoms with Gasteiger partial charge in [0.2, 0.25) is 0 Å². The largest absolute Gasteiger partial charge is 0.401 e. The van der Waals surface area contributed by atoms with Gasteiger partial charge in [0.1, 0.15) is 5.82 Å². The van der Waals surface area contributed by atoms with Crippen LogP contribution in [0.3, 0.4) is 0 Å². The van der Waals surface area contributed by atoms with E-state index in [0.29, 0.717) is 0 Å². The smallest absolute Gasteiger partial charge is 0.324 e. The van der Waals surface area contributed by atoms with Crippen LogP contribution in [-0.4, -0.2) is 28.8 Å². The molecule has 1 unspecified atom stereocenters. The maximum Gasteiger partial charge on any atom is 0.401 e. The van der Waals surface area contributed by atoms with Crippen LogP contribution in [0.15, 0.2) is 24.3 Å². The molecule has 104 valence electrons. The molecule has 1 heterocycles. The number of benzene rings is 1. The first-order valence-corrected chi connectivity index (χ1v) is 6.09. The molecule has 0 saturated carbocycles. The first kappa shape index (κ1) is 13.9. The molecule has 2 aromatic rings. The third-order valence-corrected chi connectivity index (χ3v) is 2.98. The van der Waals surface area contributed by atoms with Crippen molar-refractivity contribution < 1.29 is 13.2 Å². The van der Waals surface area contributed by atoms with Crippen LogP contribution in [0.25, 0.3) is 11.0 Å². The molecule has 0 radical (unpaired) electrons. The number of alkyl halides is 3. The quantitative estimate of drug-likeness (QED) is 0.926. The molecule has 19 heavy (non-hydrogen) atoms. The summed E-state index contributed by atoms with van der Waals surface area (Å²) in [4.78, 5) is 4.40. The molecule has 1 N–H and O–H groups in total. The lowest BCUT2D eigenvalue weighted by molar-refractivity contribution is -0.124. The van der Waals surface area contributed by atoms with Crippen LogP contribution in [0.1, 0.15) is 18.8 Å². The van der Waals surface area contributed by atoms with Crippen molar-refractivity contribution in [2.75, 3.05) is 13.1 Å². The van der Waals surface area contributed by atoms with Gasteiger partial charge in [-0.1, -0.05) is 12.1 Å². The van der Waals surface area contributed by atoms with Gasteiger partial charge >= 0.3 is 6.18 Å². The molecule has 6 heteroatoms. The van der Waals surface area contributed by atoms with E-state index in [9.17, 15) is 13.2 Å². The summed E-state index contributed by atoms with van der Waals surface area (Å²) in [6.07, 6.45) is -4.17. The standard InChI is InChI=1S/C13H16F3N3/c1-9(7-17-8-13(14,15)16)19-10(2)18-11-5-3-4-6-12(11)19/h3-6,9,17H,7-8H2,1-2H3. The molecule has 0 aliphatic heterocycles. The number of hydrogen-bond donors (Lipinski definition) is 1. The minimum atomic E-state index is -4.17. The number of halogens is 3. The van der Waals surface area contributed by atoms with E-state index >= 15 is 0 Å². The molecular weight excluding hydrogens is 255 g/mol. The van der Waals surface area contributed by atoms with E-state index in [2.05, 4.69) is 10.3 Å². The van der Waals surface area contributed by atoms with Gasteiger partial charge in [-0.2, -0.15) is 13.2 Å². The van der Waals surface area contributed by atoms with Crippen molar-refractivity contribution in [3.05, 3.63) is 30.1 Å². The van der Waals surface area contributed by atoms with E-state index in [1.54, 1.807) is 0 Å². The number of nitrogens with zero attached hydrogens (tertiary/aromatic N) is 2. The number of aromatic nitrogens is 2. The van der Waals surface area contributed by atoms with E-state index in [4.69, 9.17) is 0 Å². The Morgan fingerprint density at radius 2 is 2.00 bits per heavy atom. The van der Waals surface area contributed by atoms with Crippen LogP contribution in [0, 0.1) is 6.92 Å². The van der Waals surface area contributed by atoms with Gasteiger partial charge < -0.3 is 9.88 Å². The number of aryl methyl sites for hydroxylation is 1. The lowest BCUT2D eigenvalue weighted by atomic mass is 10.2. The summed E-state index contributed by atoms with van der Waals surface area (Å²) in [5.74, 6) is 0.808. The summed E-state index contributed by atoms with van der Waals surface area (Å²) in [6, 6.07) is 7.53. The zero-order valence-electron chi connectivity index (χ0n) is 10.8. The van der Waals surface area contributed by atoms with E-state index in [-0.39, 0.29) is 12.6 Å². The second-order valence-corrected chi connectivity index (χ2v) is 4.61. The molecule has 1 atom stereocenters. The Morgan fingerprint density at radius 3 is 2.68 bits per heavy atom. The highest BCUT2D eigenvalue weighted by molar-refractivity contribution is 5.76. The minimum Gasteiger partial charge on any atom is -0.324 e. The first-order chi connectivity index (χ1) is 8.88. The third kappa shape index (κ3) is 3.26. The zero-order valence-corrected chi connectivity index (χ0v) is 10.8. The van der Waals surface area contributed by atoms with Gasteiger partial charge in [-0.05, 0) is 26.0 Å². The Labute approximate surface area is 109 Å². The molecule has 3 nitrogen and oxygen atoms in total. The Hall–Kier alpha value is -1.56. The summed E-state index contributed by atoms with van der Waals surface area (Å²) in [5.41, 5.74) is 1.81. The molecule has 0 spiro atoms. The first-order valence-electron chi connectivity index (χ1n) is 6.09. The summed E-state index contributed by atoms with van der Waals surface area (Å²) in [6.45, 7) is 3.02. The zero-order chi connectivity index (χ0) is 14.0. The van der Waals surface area contributed by atoms with Gasteiger partial charge in [0.15, 0.2) is 0 Å². The van der Waals surface area contributed by atoms with Gasteiger partial charge in [-0.15, -0.1) is 0 Å². The summed E-state index contributed by atoms with van der Waals surface area (Å²) in [5, 5.41) is 2.43. The predicted octanol–water partition coefficient (Wildman–Crippen LogP) is 3.06. The average Bonchev–Trinajstić information content (AvgIpc) is 2.63. The highest BCUT2D eigenvalue weighted by atomic mass is 19.4. The summed E-state index contributed by atoms with van der Waals surface area (Å²) < 4.78 is 38.3. The van der Waals surface area contributed by atoms with Gasteiger partial charge in [-0.3, -0.25) is 0 Å². The Bertz CT molecular complexity index is 560. The molecule has 1 aromatic heterocycles.